The Morgan fingerprint density at radius 2 is 1.80 bits per heavy atom. The van der Waals surface area contributed by atoms with Gasteiger partial charge < -0.3 is 19.0 Å². The molecule has 0 aliphatic heterocycles. The molecule has 0 aliphatic rings. The summed E-state index contributed by atoms with van der Waals surface area (Å²) in [5.74, 6) is 2.54. The van der Waals surface area contributed by atoms with Crippen LogP contribution >= 0.6 is 0 Å². The van der Waals surface area contributed by atoms with Gasteiger partial charge in [-0.1, -0.05) is 30.3 Å². The van der Waals surface area contributed by atoms with Crippen LogP contribution in [0.3, 0.4) is 0 Å². The van der Waals surface area contributed by atoms with Gasteiger partial charge in [0.1, 0.15) is 23.7 Å². The Morgan fingerprint density at radius 1 is 1.00 bits per heavy atom. The van der Waals surface area contributed by atoms with Gasteiger partial charge >= 0.3 is 0 Å². The molecule has 7 heteroatoms. The van der Waals surface area contributed by atoms with Gasteiger partial charge in [0.2, 0.25) is 0 Å². The molecule has 0 amide bonds. The molecule has 1 unspecified atom stereocenters. The van der Waals surface area contributed by atoms with Crippen molar-refractivity contribution < 1.29 is 9.15 Å². The van der Waals surface area contributed by atoms with E-state index in [9.17, 15) is 0 Å². The normalized spacial score (nSPS) is 12.2. The highest BCUT2D eigenvalue weighted by Gasteiger charge is 2.21. The standard InChI is InChI=1S/C28H29N5O2/c1-4-34-22-14-12-21(13-15-22)33-18-23(20-9-6-5-7-10-20)26-27(30-19-31-28(26)33)29-17-24(32(2)3)25-11-8-16-35-25/h5-16,18-19,24H,4,17H2,1-3H3,(H,29,30,31). The van der Waals surface area contributed by atoms with E-state index in [1.807, 2.05) is 75.6 Å². The smallest absolute Gasteiger partial charge is 0.150 e. The van der Waals surface area contributed by atoms with Crippen LogP contribution in [0.4, 0.5) is 5.82 Å². The van der Waals surface area contributed by atoms with Crippen molar-refractivity contribution in [1.29, 1.82) is 0 Å². The Bertz CT molecular complexity index is 1380. The van der Waals surface area contributed by atoms with Gasteiger partial charge in [0.15, 0.2) is 5.65 Å². The summed E-state index contributed by atoms with van der Waals surface area (Å²) in [7, 11) is 4.09. The lowest BCUT2D eigenvalue weighted by Crippen LogP contribution is -2.26. The van der Waals surface area contributed by atoms with Gasteiger partial charge in [-0.05, 0) is 63.0 Å². The van der Waals surface area contributed by atoms with Crippen molar-refractivity contribution in [3.8, 4) is 22.6 Å². The number of rotatable bonds is 9. The van der Waals surface area contributed by atoms with Crippen molar-refractivity contribution in [1.82, 2.24) is 19.4 Å². The van der Waals surface area contributed by atoms with Crippen molar-refractivity contribution in [3.05, 3.63) is 91.3 Å². The number of nitrogens with zero attached hydrogens (tertiary/aromatic N) is 4. The number of anilines is 1. The van der Waals surface area contributed by atoms with E-state index in [-0.39, 0.29) is 6.04 Å². The predicted molar refractivity (Wildman–Crippen MR) is 139 cm³/mol. The Morgan fingerprint density at radius 3 is 2.49 bits per heavy atom. The summed E-state index contributed by atoms with van der Waals surface area (Å²) in [5.41, 5.74) is 4.02. The lowest BCUT2D eigenvalue weighted by molar-refractivity contribution is 0.269. The SMILES string of the molecule is CCOc1ccc(-n2cc(-c3ccccc3)c3c(NCC(c4ccco4)N(C)C)ncnc32)cc1. The van der Waals surface area contributed by atoms with Gasteiger partial charge in [0, 0.05) is 24.0 Å². The average molecular weight is 468 g/mol. The van der Waals surface area contributed by atoms with E-state index < -0.39 is 0 Å². The minimum absolute atomic E-state index is 0.0587. The van der Waals surface area contributed by atoms with Crippen LogP contribution in [0.5, 0.6) is 5.75 Å². The van der Waals surface area contributed by atoms with Crippen LogP contribution in [0.15, 0.2) is 89.9 Å². The fraction of sp³-hybridized carbons (Fsp3) is 0.214. The molecule has 3 aromatic heterocycles. The molecule has 0 fully saturated rings. The molecule has 0 bridgehead atoms. The molecular formula is C28H29N5O2. The van der Waals surface area contributed by atoms with Crippen molar-refractivity contribution in [2.45, 2.75) is 13.0 Å². The molecule has 2 aromatic carbocycles. The van der Waals surface area contributed by atoms with Crippen LogP contribution in [-0.4, -0.2) is 46.7 Å². The molecular weight excluding hydrogens is 438 g/mol. The summed E-state index contributed by atoms with van der Waals surface area (Å²) < 4.78 is 13.4. The Balaban J connectivity index is 1.59. The van der Waals surface area contributed by atoms with Crippen LogP contribution in [0.2, 0.25) is 0 Å². The minimum atomic E-state index is 0.0587. The Kier molecular flexibility index (Phi) is 6.50. The number of fused-ring (bicyclic) bond motifs is 1. The van der Waals surface area contributed by atoms with Gasteiger partial charge in [0.05, 0.1) is 24.3 Å². The second kappa shape index (κ2) is 10.0. The van der Waals surface area contributed by atoms with Gasteiger partial charge in [-0.25, -0.2) is 9.97 Å². The molecule has 0 spiro atoms. The second-order valence-electron chi connectivity index (χ2n) is 8.50. The maximum atomic E-state index is 5.69. The van der Waals surface area contributed by atoms with Crippen molar-refractivity contribution in [3.63, 3.8) is 0 Å². The van der Waals surface area contributed by atoms with Crippen LogP contribution in [-0.2, 0) is 0 Å². The monoisotopic (exact) mass is 467 g/mol. The zero-order valence-electron chi connectivity index (χ0n) is 20.2. The van der Waals surface area contributed by atoms with Crippen molar-refractivity contribution in [2.75, 3.05) is 32.6 Å². The van der Waals surface area contributed by atoms with Gasteiger partial charge in [0.25, 0.3) is 0 Å². The van der Waals surface area contributed by atoms with Gasteiger partial charge in [-0.15, -0.1) is 0 Å². The number of aromatic nitrogens is 3. The summed E-state index contributed by atoms with van der Waals surface area (Å²) >= 11 is 0. The molecule has 35 heavy (non-hydrogen) atoms. The molecule has 1 atom stereocenters. The lowest BCUT2D eigenvalue weighted by Gasteiger charge is -2.23. The average Bonchev–Trinajstić information content (AvgIpc) is 3.54. The highest BCUT2D eigenvalue weighted by atomic mass is 16.5. The molecule has 7 nitrogen and oxygen atoms in total. The molecule has 3 heterocycles. The summed E-state index contributed by atoms with van der Waals surface area (Å²) in [6, 6.07) is 22.4. The summed E-state index contributed by atoms with van der Waals surface area (Å²) in [6.07, 6.45) is 5.45. The number of hydrogen-bond donors (Lipinski definition) is 1. The van der Waals surface area contributed by atoms with Crippen LogP contribution in [0.1, 0.15) is 18.7 Å². The number of ether oxygens (including phenoxy) is 1. The number of benzene rings is 2. The van der Waals surface area contributed by atoms with Gasteiger partial charge in [-0.3, -0.25) is 4.90 Å². The summed E-state index contributed by atoms with van der Waals surface area (Å²) in [5, 5.41) is 4.55. The van der Waals surface area contributed by atoms with E-state index in [0.29, 0.717) is 13.2 Å². The highest BCUT2D eigenvalue weighted by Crippen LogP contribution is 2.36. The maximum absolute atomic E-state index is 5.69. The topological polar surface area (TPSA) is 68.3 Å². The second-order valence-corrected chi connectivity index (χ2v) is 8.50. The predicted octanol–water partition coefficient (Wildman–Crippen LogP) is 5.79. The highest BCUT2D eigenvalue weighted by molar-refractivity contribution is 6.02. The molecule has 178 valence electrons. The van der Waals surface area contributed by atoms with Crippen LogP contribution in [0.25, 0.3) is 27.8 Å². The van der Waals surface area contributed by atoms with E-state index in [1.54, 1.807) is 12.6 Å². The number of furan rings is 1. The molecule has 5 aromatic rings. The van der Waals surface area contributed by atoms with Crippen molar-refractivity contribution in [2.24, 2.45) is 0 Å². The van der Waals surface area contributed by atoms with Crippen LogP contribution in [0, 0.1) is 0 Å². The minimum Gasteiger partial charge on any atom is -0.494 e. The molecule has 0 saturated carbocycles. The molecule has 1 N–H and O–H groups in total. The number of likely N-dealkylation sites (N-methyl/N-ethyl adjacent to an activating group) is 1. The summed E-state index contributed by atoms with van der Waals surface area (Å²) in [4.78, 5) is 11.5. The first kappa shape index (κ1) is 22.7. The Hall–Kier alpha value is -4.10. The third-order valence-corrected chi connectivity index (χ3v) is 6.05. The maximum Gasteiger partial charge on any atom is 0.150 e. The largest absolute Gasteiger partial charge is 0.494 e. The quantitative estimate of drug-likeness (QED) is 0.296. The first-order valence-corrected chi connectivity index (χ1v) is 11.7. The lowest BCUT2D eigenvalue weighted by atomic mass is 10.1. The third kappa shape index (κ3) is 4.63. The third-order valence-electron chi connectivity index (χ3n) is 6.05. The number of nitrogens with one attached hydrogen (secondary N) is 1. The molecule has 0 aliphatic carbocycles. The van der Waals surface area contributed by atoms with E-state index in [4.69, 9.17) is 9.15 Å². The number of hydrogen-bond acceptors (Lipinski definition) is 6. The van der Waals surface area contributed by atoms with E-state index in [0.717, 1.165) is 45.2 Å². The zero-order valence-corrected chi connectivity index (χ0v) is 20.2. The Labute approximate surface area is 205 Å². The van der Waals surface area contributed by atoms with Crippen molar-refractivity contribution >= 4 is 16.9 Å². The molecule has 0 radical (unpaired) electrons. The van der Waals surface area contributed by atoms with E-state index in [1.165, 1.54) is 0 Å². The van der Waals surface area contributed by atoms with Crippen LogP contribution < -0.4 is 10.1 Å². The van der Waals surface area contributed by atoms with E-state index in [2.05, 4.69) is 43.1 Å². The fourth-order valence-corrected chi connectivity index (χ4v) is 4.31. The molecule has 5 rings (SSSR count). The first-order valence-electron chi connectivity index (χ1n) is 11.7. The molecule has 0 saturated heterocycles. The van der Waals surface area contributed by atoms with E-state index >= 15 is 0 Å². The van der Waals surface area contributed by atoms with Gasteiger partial charge in [-0.2, -0.15) is 0 Å². The first-order chi connectivity index (χ1) is 17.2. The summed E-state index contributed by atoms with van der Waals surface area (Å²) in [6.45, 7) is 3.25. The zero-order chi connectivity index (χ0) is 24.2. The fourth-order valence-electron chi connectivity index (χ4n) is 4.31.